The Labute approximate surface area is 180 Å². The van der Waals surface area contributed by atoms with Crippen molar-refractivity contribution in [2.24, 2.45) is 0 Å². The number of rotatable bonds is 4. The second-order valence-corrected chi connectivity index (χ2v) is 7.65. The number of nitrogens with zero attached hydrogens (tertiary/aromatic N) is 5. The first-order valence-electron chi connectivity index (χ1n) is 9.08. The van der Waals surface area contributed by atoms with Gasteiger partial charge in [-0.2, -0.15) is 18.2 Å². The van der Waals surface area contributed by atoms with Gasteiger partial charge in [0.2, 0.25) is 11.7 Å². The molecule has 11 heteroatoms. The van der Waals surface area contributed by atoms with Crippen molar-refractivity contribution in [2.75, 3.05) is 31.1 Å². The SMILES string of the molecule is FC(F)(F)c1cnc(N2CCN(Cc3nc(-c4ccc(Cl)cc4)no3)CC2)c(Cl)c1. The minimum absolute atomic E-state index is 0.0113. The number of alkyl halides is 3. The molecule has 0 radical (unpaired) electrons. The first kappa shape index (κ1) is 20.9. The maximum absolute atomic E-state index is 12.8. The van der Waals surface area contributed by atoms with E-state index in [-0.39, 0.29) is 5.02 Å². The Hall–Kier alpha value is -2.36. The molecule has 0 aliphatic carbocycles. The Morgan fingerprint density at radius 1 is 1.03 bits per heavy atom. The van der Waals surface area contributed by atoms with Gasteiger partial charge in [0.05, 0.1) is 17.1 Å². The zero-order valence-electron chi connectivity index (χ0n) is 15.5. The molecule has 0 amide bonds. The van der Waals surface area contributed by atoms with Crippen LogP contribution in [0.4, 0.5) is 19.0 Å². The van der Waals surface area contributed by atoms with E-state index in [4.69, 9.17) is 27.7 Å². The fourth-order valence-corrected chi connectivity index (χ4v) is 3.57. The average Bonchev–Trinajstić information content (AvgIpc) is 3.17. The molecule has 1 aliphatic rings. The van der Waals surface area contributed by atoms with Gasteiger partial charge in [0.15, 0.2) is 0 Å². The lowest BCUT2D eigenvalue weighted by atomic mass is 10.2. The summed E-state index contributed by atoms with van der Waals surface area (Å²) in [6.45, 7) is 2.91. The summed E-state index contributed by atoms with van der Waals surface area (Å²) in [5, 5.41) is 4.61. The van der Waals surface area contributed by atoms with E-state index in [0.717, 1.165) is 17.8 Å². The van der Waals surface area contributed by atoms with Gasteiger partial charge in [-0.25, -0.2) is 4.98 Å². The smallest absolute Gasteiger partial charge is 0.353 e. The third-order valence-corrected chi connectivity index (χ3v) is 5.28. The Morgan fingerprint density at radius 2 is 1.73 bits per heavy atom. The van der Waals surface area contributed by atoms with Crippen LogP contribution in [0.3, 0.4) is 0 Å². The molecule has 0 spiro atoms. The van der Waals surface area contributed by atoms with Crippen LogP contribution >= 0.6 is 23.2 Å². The Bertz CT molecular complexity index is 1020. The molecule has 6 nitrogen and oxygen atoms in total. The minimum Gasteiger partial charge on any atom is -0.353 e. The first-order chi connectivity index (χ1) is 14.3. The zero-order chi connectivity index (χ0) is 21.3. The topological polar surface area (TPSA) is 58.3 Å². The zero-order valence-corrected chi connectivity index (χ0v) is 17.0. The standard InChI is InChI=1S/C19H16Cl2F3N5O/c20-14-3-1-12(2-4-14)17-26-16(30-27-17)11-28-5-7-29(8-6-28)18-15(21)9-13(10-25-18)19(22,23)24/h1-4,9-10H,5-8,11H2. The molecule has 30 heavy (non-hydrogen) atoms. The van der Waals surface area contributed by atoms with Crippen LogP contribution in [0.1, 0.15) is 11.5 Å². The van der Waals surface area contributed by atoms with Gasteiger partial charge in [-0.05, 0) is 30.3 Å². The number of piperazine rings is 1. The number of aromatic nitrogens is 3. The molecule has 1 aromatic carbocycles. The van der Waals surface area contributed by atoms with E-state index in [0.29, 0.717) is 55.3 Å². The van der Waals surface area contributed by atoms with Crippen LogP contribution in [0.2, 0.25) is 10.0 Å². The third kappa shape index (κ3) is 4.69. The van der Waals surface area contributed by atoms with Crippen LogP contribution in [0.25, 0.3) is 11.4 Å². The Balaban J connectivity index is 1.36. The lowest BCUT2D eigenvalue weighted by molar-refractivity contribution is -0.137. The molecule has 3 aromatic rings. The maximum Gasteiger partial charge on any atom is 0.417 e. The number of anilines is 1. The molecular weight excluding hydrogens is 442 g/mol. The van der Waals surface area contributed by atoms with E-state index in [9.17, 15) is 13.2 Å². The molecule has 0 saturated carbocycles. The Morgan fingerprint density at radius 3 is 2.37 bits per heavy atom. The average molecular weight is 458 g/mol. The van der Waals surface area contributed by atoms with Gasteiger partial charge in [0, 0.05) is 43.0 Å². The van der Waals surface area contributed by atoms with Gasteiger partial charge in [0.1, 0.15) is 5.82 Å². The van der Waals surface area contributed by atoms with E-state index in [1.54, 1.807) is 12.1 Å². The van der Waals surface area contributed by atoms with Crippen LogP contribution < -0.4 is 4.90 Å². The molecule has 0 bridgehead atoms. The van der Waals surface area contributed by atoms with Crippen molar-refractivity contribution in [3.05, 3.63) is 58.0 Å². The van der Waals surface area contributed by atoms with Gasteiger partial charge < -0.3 is 9.42 Å². The van der Waals surface area contributed by atoms with Crippen molar-refractivity contribution in [1.29, 1.82) is 0 Å². The second-order valence-electron chi connectivity index (χ2n) is 6.81. The predicted octanol–water partition coefficient (Wildman–Crippen LogP) is 4.78. The van der Waals surface area contributed by atoms with Crippen LogP contribution in [0.5, 0.6) is 0 Å². The van der Waals surface area contributed by atoms with E-state index < -0.39 is 11.7 Å². The minimum atomic E-state index is -4.47. The van der Waals surface area contributed by atoms with E-state index >= 15 is 0 Å². The highest BCUT2D eigenvalue weighted by Gasteiger charge is 2.32. The molecule has 1 fully saturated rings. The summed E-state index contributed by atoms with van der Waals surface area (Å²) in [4.78, 5) is 12.3. The van der Waals surface area contributed by atoms with Crippen molar-refractivity contribution < 1.29 is 17.7 Å². The van der Waals surface area contributed by atoms with Gasteiger partial charge in [-0.3, -0.25) is 4.90 Å². The molecular formula is C19H16Cl2F3N5O. The van der Waals surface area contributed by atoms with Gasteiger partial charge in [0.25, 0.3) is 0 Å². The van der Waals surface area contributed by atoms with Gasteiger partial charge >= 0.3 is 6.18 Å². The summed E-state index contributed by atoms with van der Waals surface area (Å²) in [5.74, 6) is 1.33. The van der Waals surface area contributed by atoms with Crippen LogP contribution in [0, 0.1) is 0 Å². The highest BCUT2D eigenvalue weighted by Crippen LogP contribution is 2.33. The Kier molecular flexibility index (Phi) is 5.86. The normalized spacial score (nSPS) is 15.6. The number of halogens is 5. The highest BCUT2D eigenvalue weighted by atomic mass is 35.5. The first-order valence-corrected chi connectivity index (χ1v) is 9.84. The molecule has 158 valence electrons. The van der Waals surface area contributed by atoms with Crippen molar-refractivity contribution in [2.45, 2.75) is 12.7 Å². The molecule has 0 unspecified atom stereocenters. The monoisotopic (exact) mass is 457 g/mol. The fourth-order valence-electron chi connectivity index (χ4n) is 3.16. The summed E-state index contributed by atoms with van der Waals surface area (Å²) >= 11 is 11.9. The largest absolute Gasteiger partial charge is 0.417 e. The van der Waals surface area contributed by atoms with E-state index in [2.05, 4.69) is 20.0 Å². The summed E-state index contributed by atoms with van der Waals surface area (Å²) < 4.78 is 43.7. The summed E-state index contributed by atoms with van der Waals surface area (Å²) in [7, 11) is 0. The molecule has 4 rings (SSSR count). The summed E-state index contributed by atoms with van der Waals surface area (Å²) in [6.07, 6.45) is -3.66. The van der Waals surface area contributed by atoms with E-state index in [1.165, 1.54) is 0 Å². The third-order valence-electron chi connectivity index (χ3n) is 4.75. The number of hydrogen-bond donors (Lipinski definition) is 0. The molecule has 1 aliphatic heterocycles. The summed E-state index contributed by atoms with van der Waals surface area (Å²) in [6, 6.07) is 8.05. The van der Waals surface area contributed by atoms with Gasteiger partial charge in [-0.15, -0.1) is 0 Å². The second kappa shape index (κ2) is 8.41. The van der Waals surface area contributed by atoms with Gasteiger partial charge in [-0.1, -0.05) is 28.4 Å². The lowest BCUT2D eigenvalue weighted by Crippen LogP contribution is -2.46. The summed E-state index contributed by atoms with van der Waals surface area (Å²) in [5.41, 5.74) is -0.0509. The van der Waals surface area contributed by atoms with Crippen LogP contribution in [-0.4, -0.2) is 46.2 Å². The van der Waals surface area contributed by atoms with Crippen molar-refractivity contribution in [1.82, 2.24) is 20.0 Å². The molecule has 2 aromatic heterocycles. The van der Waals surface area contributed by atoms with E-state index in [1.807, 2.05) is 17.0 Å². The van der Waals surface area contributed by atoms with Crippen molar-refractivity contribution in [3.8, 4) is 11.4 Å². The molecule has 1 saturated heterocycles. The maximum atomic E-state index is 12.8. The fraction of sp³-hybridized carbons (Fsp3) is 0.316. The molecule has 3 heterocycles. The quantitative estimate of drug-likeness (QED) is 0.561. The number of hydrogen-bond acceptors (Lipinski definition) is 6. The highest BCUT2D eigenvalue weighted by molar-refractivity contribution is 6.33. The van der Waals surface area contributed by atoms with Crippen LogP contribution in [-0.2, 0) is 12.7 Å². The molecule has 0 atom stereocenters. The van der Waals surface area contributed by atoms with Crippen molar-refractivity contribution >= 4 is 29.0 Å². The predicted molar refractivity (Wildman–Crippen MR) is 106 cm³/mol. The van der Waals surface area contributed by atoms with Crippen molar-refractivity contribution in [3.63, 3.8) is 0 Å². The molecule has 0 N–H and O–H groups in total. The number of pyridine rings is 1. The number of benzene rings is 1. The lowest BCUT2D eigenvalue weighted by Gasteiger charge is -2.35. The van der Waals surface area contributed by atoms with Crippen LogP contribution in [0.15, 0.2) is 41.1 Å².